The highest BCUT2D eigenvalue weighted by molar-refractivity contribution is 5.93. The summed E-state index contributed by atoms with van der Waals surface area (Å²) < 4.78 is 0. The van der Waals surface area contributed by atoms with Crippen molar-refractivity contribution < 1.29 is 14.7 Å². The zero-order chi connectivity index (χ0) is 17.0. The van der Waals surface area contributed by atoms with Gasteiger partial charge in [0.15, 0.2) is 0 Å². The highest BCUT2D eigenvalue weighted by Gasteiger charge is 2.39. The van der Waals surface area contributed by atoms with Crippen molar-refractivity contribution in [3.05, 3.63) is 29.8 Å². The molecule has 1 heterocycles. The molecule has 0 saturated carbocycles. The van der Waals surface area contributed by atoms with E-state index in [2.05, 4.69) is 30.0 Å². The number of hydrogen-bond donors (Lipinski definition) is 4. The second-order valence-corrected chi connectivity index (χ2v) is 6.46. The zero-order valence-electron chi connectivity index (χ0n) is 13.8. The lowest BCUT2D eigenvalue weighted by Crippen LogP contribution is -2.40. The van der Waals surface area contributed by atoms with Gasteiger partial charge in [-0.05, 0) is 37.0 Å². The van der Waals surface area contributed by atoms with E-state index in [4.69, 9.17) is 5.11 Å². The monoisotopic (exact) mass is 319 g/mol. The fourth-order valence-corrected chi connectivity index (χ4v) is 2.97. The maximum atomic E-state index is 12.6. The van der Waals surface area contributed by atoms with Crippen LogP contribution in [0, 0.1) is 11.8 Å². The molecule has 0 bridgehead atoms. The Bertz CT molecular complexity index is 574. The second-order valence-electron chi connectivity index (χ2n) is 6.46. The Balaban J connectivity index is 2.04. The van der Waals surface area contributed by atoms with Crippen molar-refractivity contribution in [2.24, 2.45) is 11.8 Å². The first kappa shape index (κ1) is 17.4. The summed E-state index contributed by atoms with van der Waals surface area (Å²) in [7, 11) is 0. The van der Waals surface area contributed by atoms with Gasteiger partial charge in [0.2, 0.25) is 5.91 Å². The van der Waals surface area contributed by atoms with Gasteiger partial charge in [-0.3, -0.25) is 20.4 Å². The molecule has 1 aliphatic rings. The van der Waals surface area contributed by atoms with E-state index in [-0.39, 0.29) is 30.3 Å². The van der Waals surface area contributed by atoms with Crippen molar-refractivity contribution in [1.29, 1.82) is 0 Å². The van der Waals surface area contributed by atoms with E-state index in [1.165, 1.54) is 0 Å². The van der Waals surface area contributed by atoms with Gasteiger partial charge in [-0.1, -0.05) is 26.0 Å². The van der Waals surface area contributed by atoms with Crippen LogP contribution in [0.4, 0.5) is 5.69 Å². The number of carbonyl (C=O) groups is 2. The first-order chi connectivity index (χ1) is 10.9. The summed E-state index contributed by atoms with van der Waals surface area (Å²) in [5.41, 5.74) is 7.94. The van der Waals surface area contributed by atoms with Crippen molar-refractivity contribution in [2.45, 2.75) is 45.7 Å². The van der Waals surface area contributed by atoms with Crippen LogP contribution in [0.25, 0.3) is 0 Å². The third-order valence-electron chi connectivity index (χ3n) is 4.25. The number of aliphatic carboxylic acids is 1. The fourth-order valence-electron chi connectivity index (χ4n) is 2.97. The summed E-state index contributed by atoms with van der Waals surface area (Å²) >= 11 is 0. The maximum Gasteiger partial charge on any atom is 0.303 e. The van der Waals surface area contributed by atoms with E-state index >= 15 is 0 Å². The molecule has 126 valence electrons. The summed E-state index contributed by atoms with van der Waals surface area (Å²) in [4.78, 5) is 23.3. The van der Waals surface area contributed by atoms with Gasteiger partial charge in [-0.25, -0.2) is 0 Å². The van der Waals surface area contributed by atoms with Gasteiger partial charge in [-0.2, -0.15) is 0 Å². The standard InChI is InChI=1S/C17H25N3O3/c1-10(2)16-15(11(3)19-20-16)17(23)18-13-6-4-5-12(9-13)7-8-14(21)22/h4-6,9-11,15-16,19-20H,7-8H2,1-3H3,(H,18,23)(H,21,22). The zero-order valence-corrected chi connectivity index (χ0v) is 13.8. The summed E-state index contributed by atoms with van der Waals surface area (Å²) in [6.07, 6.45) is 0.539. The molecule has 1 saturated heterocycles. The molecule has 0 aromatic heterocycles. The van der Waals surface area contributed by atoms with Crippen LogP contribution in [0.3, 0.4) is 0 Å². The summed E-state index contributed by atoms with van der Waals surface area (Å²) in [6, 6.07) is 7.51. The Hall–Kier alpha value is -1.92. The number of carbonyl (C=O) groups excluding carboxylic acids is 1. The van der Waals surface area contributed by atoms with Gasteiger partial charge in [0.1, 0.15) is 0 Å². The van der Waals surface area contributed by atoms with Crippen LogP contribution in [-0.4, -0.2) is 29.1 Å². The number of benzene rings is 1. The number of carboxylic acids is 1. The lowest BCUT2D eigenvalue weighted by atomic mass is 9.87. The molecule has 1 fully saturated rings. The molecule has 6 nitrogen and oxygen atoms in total. The van der Waals surface area contributed by atoms with Crippen LogP contribution in [0.2, 0.25) is 0 Å². The minimum atomic E-state index is -0.823. The van der Waals surface area contributed by atoms with Crippen LogP contribution < -0.4 is 16.2 Å². The number of rotatable bonds is 6. The number of nitrogens with one attached hydrogen (secondary N) is 3. The molecule has 0 radical (unpaired) electrons. The van der Waals surface area contributed by atoms with Crippen molar-refractivity contribution in [3.8, 4) is 0 Å². The normalized spacial score (nSPS) is 23.9. The van der Waals surface area contributed by atoms with Gasteiger partial charge in [0, 0.05) is 24.2 Å². The van der Waals surface area contributed by atoms with Crippen LogP contribution >= 0.6 is 0 Å². The van der Waals surface area contributed by atoms with Crippen molar-refractivity contribution in [1.82, 2.24) is 10.9 Å². The van der Waals surface area contributed by atoms with E-state index in [0.717, 1.165) is 5.56 Å². The molecule has 1 amide bonds. The van der Waals surface area contributed by atoms with Crippen molar-refractivity contribution in [3.63, 3.8) is 0 Å². The number of aryl methyl sites for hydroxylation is 1. The van der Waals surface area contributed by atoms with E-state index < -0.39 is 5.97 Å². The summed E-state index contributed by atoms with van der Waals surface area (Å²) in [5.74, 6) is -0.664. The van der Waals surface area contributed by atoms with Crippen LogP contribution in [0.15, 0.2) is 24.3 Å². The Labute approximate surface area is 136 Å². The molecule has 1 aromatic rings. The van der Waals surface area contributed by atoms with Crippen molar-refractivity contribution in [2.75, 3.05) is 5.32 Å². The summed E-state index contributed by atoms with van der Waals surface area (Å²) in [6.45, 7) is 6.16. The highest BCUT2D eigenvalue weighted by atomic mass is 16.4. The van der Waals surface area contributed by atoms with E-state index in [0.29, 0.717) is 18.0 Å². The molecule has 6 heteroatoms. The number of amides is 1. The van der Waals surface area contributed by atoms with Crippen LogP contribution in [0.1, 0.15) is 32.8 Å². The predicted molar refractivity (Wildman–Crippen MR) is 88.9 cm³/mol. The number of hydrazine groups is 1. The molecular formula is C17H25N3O3. The van der Waals surface area contributed by atoms with E-state index in [1.54, 1.807) is 0 Å². The van der Waals surface area contributed by atoms with E-state index in [9.17, 15) is 9.59 Å². The van der Waals surface area contributed by atoms with Gasteiger partial charge < -0.3 is 10.4 Å². The third-order valence-corrected chi connectivity index (χ3v) is 4.25. The minimum Gasteiger partial charge on any atom is -0.481 e. The van der Waals surface area contributed by atoms with Crippen LogP contribution in [0.5, 0.6) is 0 Å². The van der Waals surface area contributed by atoms with Gasteiger partial charge >= 0.3 is 5.97 Å². The number of carboxylic acid groups (broad SMARTS) is 1. The van der Waals surface area contributed by atoms with Crippen LogP contribution in [-0.2, 0) is 16.0 Å². The first-order valence-corrected chi connectivity index (χ1v) is 8.01. The molecule has 1 aliphatic heterocycles. The smallest absolute Gasteiger partial charge is 0.303 e. The molecule has 23 heavy (non-hydrogen) atoms. The average molecular weight is 319 g/mol. The minimum absolute atomic E-state index is 0.0240. The van der Waals surface area contributed by atoms with Crippen molar-refractivity contribution >= 4 is 17.6 Å². The molecular weight excluding hydrogens is 294 g/mol. The fraction of sp³-hybridized carbons (Fsp3) is 0.529. The lowest BCUT2D eigenvalue weighted by Gasteiger charge is -2.23. The second kappa shape index (κ2) is 7.57. The number of anilines is 1. The molecule has 2 rings (SSSR count). The van der Waals surface area contributed by atoms with Gasteiger partial charge in [-0.15, -0.1) is 0 Å². The Morgan fingerprint density at radius 1 is 1.30 bits per heavy atom. The van der Waals surface area contributed by atoms with Gasteiger partial charge in [0.05, 0.1) is 5.92 Å². The largest absolute Gasteiger partial charge is 0.481 e. The molecule has 4 N–H and O–H groups in total. The maximum absolute atomic E-state index is 12.6. The average Bonchev–Trinajstić information content (AvgIpc) is 2.87. The molecule has 1 aromatic carbocycles. The molecule has 3 unspecified atom stereocenters. The quantitative estimate of drug-likeness (QED) is 0.642. The van der Waals surface area contributed by atoms with Gasteiger partial charge in [0.25, 0.3) is 0 Å². The molecule has 0 spiro atoms. The Morgan fingerprint density at radius 2 is 2.04 bits per heavy atom. The SMILES string of the molecule is CC(C)C1NNC(C)C1C(=O)Nc1cccc(CCC(=O)O)c1. The highest BCUT2D eigenvalue weighted by Crippen LogP contribution is 2.23. The lowest BCUT2D eigenvalue weighted by molar-refractivity contribution is -0.137. The third kappa shape index (κ3) is 4.53. The Kier molecular flexibility index (Phi) is 5.74. The first-order valence-electron chi connectivity index (χ1n) is 8.01. The topological polar surface area (TPSA) is 90.5 Å². The van der Waals surface area contributed by atoms with E-state index in [1.807, 2.05) is 31.2 Å². The predicted octanol–water partition coefficient (Wildman–Crippen LogP) is 1.78. The summed E-state index contributed by atoms with van der Waals surface area (Å²) in [5, 5.41) is 11.7. The Morgan fingerprint density at radius 3 is 2.70 bits per heavy atom. The molecule has 3 atom stereocenters. The number of hydrogen-bond acceptors (Lipinski definition) is 4. The molecule has 0 aliphatic carbocycles.